The van der Waals surface area contributed by atoms with Gasteiger partial charge in [0.15, 0.2) is 11.6 Å². The Bertz CT molecular complexity index is 1200. The van der Waals surface area contributed by atoms with Crippen LogP contribution in [0.15, 0.2) is 42.5 Å². The molecule has 0 aliphatic heterocycles. The molecular formula is C26H35F2N3O4S. The van der Waals surface area contributed by atoms with E-state index in [1.807, 2.05) is 52.0 Å². The molecule has 0 heterocycles. The number of anilines is 1. The number of hydrogen-bond donors (Lipinski definition) is 1. The molecule has 0 bridgehead atoms. The van der Waals surface area contributed by atoms with E-state index in [2.05, 4.69) is 5.32 Å². The summed E-state index contributed by atoms with van der Waals surface area (Å²) < 4.78 is 52.6. The van der Waals surface area contributed by atoms with Gasteiger partial charge in [0.2, 0.25) is 21.8 Å². The average molecular weight is 524 g/mol. The lowest BCUT2D eigenvalue weighted by atomic mass is 10.1. The molecule has 2 amide bonds. The van der Waals surface area contributed by atoms with Gasteiger partial charge in [0.05, 0.1) is 11.9 Å². The van der Waals surface area contributed by atoms with E-state index in [0.29, 0.717) is 0 Å². The van der Waals surface area contributed by atoms with Crippen LogP contribution in [-0.2, 0) is 26.2 Å². The van der Waals surface area contributed by atoms with Crippen LogP contribution >= 0.6 is 0 Å². The number of amides is 2. The fourth-order valence-corrected chi connectivity index (χ4v) is 4.67. The lowest BCUT2D eigenvalue weighted by Crippen LogP contribution is -2.52. The maximum Gasteiger partial charge on any atom is 0.242 e. The van der Waals surface area contributed by atoms with Crippen LogP contribution in [0.5, 0.6) is 0 Å². The second-order valence-corrected chi connectivity index (χ2v) is 11.9. The normalized spacial score (nSPS) is 12.7. The summed E-state index contributed by atoms with van der Waals surface area (Å²) in [5, 5.41) is 2.89. The van der Waals surface area contributed by atoms with Crippen LogP contribution in [0.2, 0.25) is 0 Å². The minimum atomic E-state index is -3.81. The Balaban J connectivity index is 2.21. The van der Waals surface area contributed by atoms with E-state index in [0.717, 1.165) is 33.8 Å². The fraction of sp³-hybridized carbons (Fsp3) is 0.462. The molecule has 2 aromatic carbocycles. The van der Waals surface area contributed by atoms with E-state index in [4.69, 9.17) is 0 Å². The summed E-state index contributed by atoms with van der Waals surface area (Å²) in [5.74, 6) is -2.88. The van der Waals surface area contributed by atoms with Crippen LogP contribution < -0.4 is 9.62 Å². The molecule has 2 aromatic rings. The van der Waals surface area contributed by atoms with Crippen LogP contribution in [0, 0.1) is 18.6 Å². The molecule has 0 aromatic heterocycles. The first kappa shape index (κ1) is 29.2. The number of halogens is 2. The van der Waals surface area contributed by atoms with Crippen molar-refractivity contribution in [3.8, 4) is 0 Å². The molecular weight excluding hydrogens is 488 g/mol. The number of aryl methyl sites for hydroxylation is 1. The Hall–Kier alpha value is -3.01. The highest BCUT2D eigenvalue weighted by molar-refractivity contribution is 7.92. The highest BCUT2D eigenvalue weighted by Crippen LogP contribution is 2.22. The highest BCUT2D eigenvalue weighted by Gasteiger charge is 2.28. The Morgan fingerprint density at radius 3 is 2.28 bits per heavy atom. The first-order chi connectivity index (χ1) is 16.6. The molecule has 0 aliphatic rings. The Morgan fingerprint density at radius 1 is 1.06 bits per heavy atom. The van der Waals surface area contributed by atoms with Crippen molar-refractivity contribution in [3.05, 3.63) is 65.2 Å². The smallest absolute Gasteiger partial charge is 0.242 e. The number of nitrogens with one attached hydrogen (secondary N) is 1. The second kappa shape index (κ2) is 11.8. The van der Waals surface area contributed by atoms with Crippen molar-refractivity contribution in [1.82, 2.24) is 10.2 Å². The SMILES string of the molecule is Cc1cccc(CN(C(=O)CCCN(c2ccc(F)c(F)c2)S(C)(=O)=O)[C@@H](C)C(=O)NC(C)(C)C)c1. The number of carbonyl (C=O) groups is 2. The van der Waals surface area contributed by atoms with Crippen LogP contribution in [-0.4, -0.2) is 49.5 Å². The van der Waals surface area contributed by atoms with Gasteiger partial charge in [-0.15, -0.1) is 0 Å². The van der Waals surface area contributed by atoms with Gasteiger partial charge in [-0.25, -0.2) is 17.2 Å². The maximum atomic E-state index is 13.7. The highest BCUT2D eigenvalue weighted by atomic mass is 32.2. The number of benzene rings is 2. The Morgan fingerprint density at radius 2 is 1.72 bits per heavy atom. The fourth-order valence-electron chi connectivity index (χ4n) is 3.71. The van der Waals surface area contributed by atoms with Gasteiger partial charge in [0.25, 0.3) is 0 Å². The number of hydrogen-bond acceptors (Lipinski definition) is 4. The van der Waals surface area contributed by atoms with E-state index >= 15 is 0 Å². The molecule has 10 heteroatoms. The zero-order valence-electron chi connectivity index (χ0n) is 21.6. The zero-order valence-corrected chi connectivity index (χ0v) is 22.5. The number of rotatable bonds is 10. The van der Waals surface area contributed by atoms with E-state index in [1.165, 1.54) is 11.0 Å². The van der Waals surface area contributed by atoms with Crippen molar-refractivity contribution in [3.63, 3.8) is 0 Å². The molecule has 1 N–H and O–H groups in total. The summed E-state index contributed by atoms with van der Waals surface area (Å²) in [7, 11) is -3.81. The summed E-state index contributed by atoms with van der Waals surface area (Å²) >= 11 is 0. The lowest BCUT2D eigenvalue weighted by Gasteiger charge is -2.32. The second-order valence-electron chi connectivity index (χ2n) is 9.96. The molecule has 0 unspecified atom stereocenters. The van der Waals surface area contributed by atoms with Crippen molar-refractivity contribution in [2.75, 3.05) is 17.1 Å². The van der Waals surface area contributed by atoms with E-state index in [-0.39, 0.29) is 43.4 Å². The first-order valence-electron chi connectivity index (χ1n) is 11.7. The minimum Gasteiger partial charge on any atom is -0.350 e. The molecule has 1 atom stereocenters. The van der Waals surface area contributed by atoms with E-state index < -0.39 is 33.2 Å². The summed E-state index contributed by atoms with van der Waals surface area (Å²) in [5.41, 5.74) is 1.36. The predicted octanol–water partition coefficient (Wildman–Crippen LogP) is 4.15. The van der Waals surface area contributed by atoms with Crippen molar-refractivity contribution in [1.29, 1.82) is 0 Å². The van der Waals surface area contributed by atoms with Crippen LogP contribution in [0.4, 0.5) is 14.5 Å². The number of carbonyl (C=O) groups excluding carboxylic acids is 2. The Kier molecular flexibility index (Phi) is 9.59. The van der Waals surface area contributed by atoms with E-state index in [1.54, 1.807) is 6.92 Å². The molecule has 2 rings (SSSR count). The van der Waals surface area contributed by atoms with Gasteiger partial charge < -0.3 is 10.2 Å². The molecule has 198 valence electrons. The van der Waals surface area contributed by atoms with Crippen LogP contribution in [0.1, 0.15) is 51.7 Å². The Labute approximate surface area is 212 Å². The van der Waals surface area contributed by atoms with Crippen molar-refractivity contribution in [2.24, 2.45) is 0 Å². The largest absolute Gasteiger partial charge is 0.350 e. The van der Waals surface area contributed by atoms with Crippen molar-refractivity contribution < 1.29 is 26.8 Å². The van der Waals surface area contributed by atoms with Gasteiger partial charge in [-0.05, 0) is 58.7 Å². The summed E-state index contributed by atoms with van der Waals surface area (Å²) in [6.45, 7) is 9.23. The van der Waals surface area contributed by atoms with Crippen molar-refractivity contribution >= 4 is 27.5 Å². The monoisotopic (exact) mass is 523 g/mol. The lowest BCUT2D eigenvalue weighted by molar-refractivity contribution is -0.141. The molecule has 0 spiro atoms. The van der Waals surface area contributed by atoms with Gasteiger partial charge in [0.1, 0.15) is 6.04 Å². The third-order valence-electron chi connectivity index (χ3n) is 5.44. The molecule has 0 saturated carbocycles. The third kappa shape index (κ3) is 8.58. The zero-order chi connectivity index (χ0) is 27.3. The van der Waals surface area contributed by atoms with Gasteiger partial charge in [0, 0.05) is 31.1 Å². The molecule has 0 radical (unpaired) electrons. The number of sulfonamides is 1. The van der Waals surface area contributed by atoms with Crippen LogP contribution in [0.25, 0.3) is 0 Å². The van der Waals surface area contributed by atoms with Crippen molar-refractivity contribution in [2.45, 2.75) is 65.6 Å². The quantitative estimate of drug-likeness (QED) is 0.507. The molecule has 0 saturated heterocycles. The third-order valence-corrected chi connectivity index (χ3v) is 6.64. The van der Waals surface area contributed by atoms with Gasteiger partial charge >= 0.3 is 0 Å². The molecule has 0 fully saturated rings. The molecule has 36 heavy (non-hydrogen) atoms. The van der Waals surface area contributed by atoms with Gasteiger partial charge in [-0.2, -0.15) is 0 Å². The predicted molar refractivity (Wildman–Crippen MR) is 137 cm³/mol. The van der Waals surface area contributed by atoms with Gasteiger partial charge in [-0.1, -0.05) is 29.8 Å². The first-order valence-corrected chi connectivity index (χ1v) is 13.5. The summed E-state index contributed by atoms with van der Waals surface area (Å²) in [6.07, 6.45) is 1.02. The molecule has 7 nitrogen and oxygen atoms in total. The summed E-state index contributed by atoms with van der Waals surface area (Å²) in [6, 6.07) is 9.68. The molecule has 0 aliphatic carbocycles. The van der Waals surface area contributed by atoms with Crippen LogP contribution in [0.3, 0.4) is 0 Å². The maximum absolute atomic E-state index is 13.7. The topological polar surface area (TPSA) is 86.8 Å². The van der Waals surface area contributed by atoms with E-state index in [9.17, 15) is 26.8 Å². The summed E-state index contributed by atoms with van der Waals surface area (Å²) in [4.78, 5) is 27.6. The number of nitrogens with zero attached hydrogens (tertiary/aromatic N) is 2. The average Bonchev–Trinajstić information content (AvgIpc) is 2.74. The van der Waals surface area contributed by atoms with Gasteiger partial charge in [-0.3, -0.25) is 13.9 Å². The standard InChI is InChI=1S/C26H35F2N3O4S/c1-18-9-7-10-20(15-18)17-30(19(2)25(33)29-26(3,4)5)24(32)11-8-14-31(36(6,34)35)21-12-13-22(27)23(28)16-21/h7,9-10,12-13,15-16,19H,8,11,14,17H2,1-6H3,(H,29,33)/t19-/m0/s1. The minimum absolute atomic E-state index is 0.0293.